The standard InChI is InChI=1S/C9H11F3N4O/c1-15-5-7(4-14-15)16(6-2-13-3-6)8(17)9(10,11)12/h4-6,13H,2-3H2,1H3. The number of rotatable bonds is 2. The average Bonchev–Trinajstić information content (AvgIpc) is 2.55. The molecule has 0 atom stereocenters. The van der Waals surface area contributed by atoms with Crippen LogP contribution >= 0.6 is 0 Å². The molecule has 1 N–H and O–H groups in total. The molecular formula is C9H11F3N4O. The highest BCUT2D eigenvalue weighted by Gasteiger charge is 2.46. The number of hydrogen-bond donors (Lipinski definition) is 1. The number of halogens is 3. The lowest BCUT2D eigenvalue weighted by Gasteiger charge is -2.37. The van der Waals surface area contributed by atoms with Crippen molar-refractivity contribution in [2.45, 2.75) is 12.2 Å². The van der Waals surface area contributed by atoms with Gasteiger partial charge in [0.05, 0.1) is 17.9 Å². The minimum atomic E-state index is -4.87. The number of carbonyl (C=O) groups is 1. The van der Waals surface area contributed by atoms with Gasteiger partial charge in [0.15, 0.2) is 0 Å². The number of nitrogens with one attached hydrogen (secondary N) is 1. The van der Waals surface area contributed by atoms with E-state index in [-0.39, 0.29) is 5.69 Å². The minimum Gasteiger partial charge on any atom is -0.313 e. The van der Waals surface area contributed by atoms with Gasteiger partial charge in [-0.05, 0) is 0 Å². The molecule has 0 aliphatic carbocycles. The predicted molar refractivity (Wildman–Crippen MR) is 53.4 cm³/mol. The van der Waals surface area contributed by atoms with Crippen LogP contribution in [0.4, 0.5) is 18.9 Å². The van der Waals surface area contributed by atoms with Crippen LogP contribution in [-0.4, -0.2) is 41.0 Å². The Morgan fingerprint density at radius 1 is 1.59 bits per heavy atom. The molecule has 0 saturated carbocycles. The van der Waals surface area contributed by atoms with Crippen molar-refractivity contribution in [2.75, 3.05) is 18.0 Å². The maximum atomic E-state index is 12.5. The van der Waals surface area contributed by atoms with Crippen molar-refractivity contribution < 1.29 is 18.0 Å². The first-order chi connectivity index (χ1) is 7.89. The van der Waals surface area contributed by atoms with E-state index in [2.05, 4.69) is 10.4 Å². The number of carbonyl (C=O) groups excluding carboxylic acids is 1. The van der Waals surface area contributed by atoms with Gasteiger partial charge >= 0.3 is 12.1 Å². The molecule has 1 amide bonds. The first-order valence-electron chi connectivity index (χ1n) is 4.99. The molecule has 1 aromatic rings. The number of nitrogens with zero attached hydrogens (tertiary/aromatic N) is 3. The van der Waals surface area contributed by atoms with Crippen molar-refractivity contribution in [3.8, 4) is 0 Å². The summed E-state index contributed by atoms with van der Waals surface area (Å²) in [6.07, 6.45) is -2.23. The van der Waals surface area contributed by atoms with E-state index >= 15 is 0 Å². The van der Waals surface area contributed by atoms with E-state index in [1.807, 2.05) is 0 Å². The average molecular weight is 248 g/mol. The van der Waals surface area contributed by atoms with Gasteiger partial charge in [-0.1, -0.05) is 0 Å². The largest absolute Gasteiger partial charge is 0.471 e. The van der Waals surface area contributed by atoms with E-state index in [4.69, 9.17) is 0 Å². The molecule has 1 saturated heterocycles. The molecule has 1 fully saturated rings. The molecule has 94 valence electrons. The van der Waals surface area contributed by atoms with Crippen LogP contribution in [-0.2, 0) is 11.8 Å². The highest BCUT2D eigenvalue weighted by molar-refractivity contribution is 5.97. The van der Waals surface area contributed by atoms with Gasteiger partial charge in [-0.15, -0.1) is 0 Å². The molecule has 1 aliphatic heterocycles. The van der Waals surface area contributed by atoms with Gasteiger partial charge in [0.2, 0.25) is 0 Å². The van der Waals surface area contributed by atoms with E-state index in [1.165, 1.54) is 17.1 Å². The lowest BCUT2D eigenvalue weighted by molar-refractivity contribution is -0.171. The fourth-order valence-corrected chi connectivity index (χ4v) is 1.62. The maximum absolute atomic E-state index is 12.5. The number of hydrogen-bond acceptors (Lipinski definition) is 3. The molecule has 0 unspecified atom stereocenters. The third-order valence-corrected chi connectivity index (χ3v) is 2.56. The zero-order valence-corrected chi connectivity index (χ0v) is 9.03. The minimum absolute atomic E-state index is 0.168. The summed E-state index contributed by atoms with van der Waals surface area (Å²) in [5, 5.41) is 6.61. The normalized spacial score (nSPS) is 16.7. The molecule has 8 heteroatoms. The molecule has 17 heavy (non-hydrogen) atoms. The lowest BCUT2D eigenvalue weighted by Crippen LogP contribution is -2.61. The van der Waals surface area contributed by atoms with Crippen LogP contribution in [0.15, 0.2) is 12.4 Å². The highest BCUT2D eigenvalue weighted by atomic mass is 19.4. The summed E-state index contributed by atoms with van der Waals surface area (Å²) in [6.45, 7) is 0.716. The smallest absolute Gasteiger partial charge is 0.313 e. The Kier molecular flexibility index (Phi) is 2.82. The number of aromatic nitrogens is 2. The Hall–Kier alpha value is -1.57. The lowest BCUT2D eigenvalue weighted by atomic mass is 10.1. The number of aryl methyl sites for hydroxylation is 1. The molecule has 2 heterocycles. The summed E-state index contributed by atoms with van der Waals surface area (Å²) in [6, 6.07) is -0.465. The van der Waals surface area contributed by atoms with Crippen LogP contribution in [0.3, 0.4) is 0 Å². The summed E-state index contributed by atoms with van der Waals surface area (Å²) in [7, 11) is 1.58. The van der Waals surface area contributed by atoms with Crippen molar-refractivity contribution >= 4 is 11.6 Å². The Labute approximate surface area is 95.2 Å². The fraction of sp³-hybridized carbons (Fsp3) is 0.556. The van der Waals surface area contributed by atoms with Crippen LogP contribution in [0.25, 0.3) is 0 Å². The predicted octanol–water partition coefficient (Wildman–Crippen LogP) is 0.287. The van der Waals surface area contributed by atoms with Gasteiger partial charge in [-0.3, -0.25) is 14.4 Å². The Morgan fingerprint density at radius 3 is 2.59 bits per heavy atom. The number of amides is 1. The first-order valence-corrected chi connectivity index (χ1v) is 4.99. The van der Waals surface area contributed by atoms with Crippen LogP contribution in [0.1, 0.15) is 0 Å². The molecule has 0 spiro atoms. The molecule has 0 aromatic carbocycles. The molecule has 1 aromatic heterocycles. The van der Waals surface area contributed by atoms with Crippen molar-refractivity contribution in [1.82, 2.24) is 15.1 Å². The van der Waals surface area contributed by atoms with Gasteiger partial charge in [-0.2, -0.15) is 18.3 Å². The van der Waals surface area contributed by atoms with Crippen LogP contribution in [0.5, 0.6) is 0 Å². The molecule has 5 nitrogen and oxygen atoms in total. The summed E-state index contributed by atoms with van der Waals surface area (Å²) >= 11 is 0. The first kappa shape index (κ1) is 11.9. The van der Waals surface area contributed by atoms with Crippen LogP contribution in [0, 0.1) is 0 Å². The molecule has 0 bridgehead atoms. The molecular weight excluding hydrogens is 237 g/mol. The Bertz CT molecular complexity index is 424. The third kappa shape index (κ3) is 2.26. The molecule has 2 rings (SSSR count). The molecule has 0 radical (unpaired) electrons. The highest BCUT2D eigenvalue weighted by Crippen LogP contribution is 2.26. The third-order valence-electron chi connectivity index (χ3n) is 2.56. The van der Waals surface area contributed by atoms with E-state index in [9.17, 15) is 18.0 Å². The summed E-state index contributed by atoms with van der Waals surface area (Å²) in [5.41, 5.74) is 0.168. The maximum Gasteiger partial charge on any atom is 0.471 e. The van der Waals surface area contributed by atoms with Gasteiger partial charge < -0.3 is 5.32 Å². The van der Waals surface area contributed by atoms with E-state index in [1.54, 1.807) is 7.05 Å². The van der Waals surface area contributed by atoms with Gasteiger partial charge in [-0.25, -0.2) is 0 Å². The van der Waals surface area contributed by atoms with Gasteiger partial charge in [0, 0.05) is 26.3 Å². The summed E-state index contributed by atoms with van der Waals surface area (Å²) in [5.74, 6) is -1.85. The van der Waals surface area contributed by atoms with Crippen molar-refractivity contribution in [3.05, 3.63) is 12.4 Å². The van der Waals surface area contributed by atoms with E-state index in [0.29, 0.717) is 13.1 Å². The monoisotopic (exact) mass is 248 g/mol. The zero-order chi connectivity index (χ0) is 12.6. The number of anilines is 1. The second-order valence-electron chi connectivity index (χ2n) is 3.86. The topological polar surface area (TPSA) is 50.2 Å². The van der Waals surface area contributed by atoms with Crippen LogP contribution < -0.4 is 10.2 Å². The van der Waals surface area contributed by atoms with Crippen molar-refractivity contribution in [1.29, 1.82) is 0 Å². The van der Waals surface area contributed by atoms with E-state index in [0.717, 1.165) is 4.90 Å². The summed E-state index contributed by atoms with van der Waals surface area (Å²) in [4.78, 5) is 12.1. The van der Waals surface area contributed by atoms with E-state index < -0.39 is 18.1 Å². The Balaban J connectivity index is 2.28. The fourth-order valence-electron chi connectivity index (χ4n) is 1.62. The zero-order valence-electron chi connectivity index (χ0n) is 9.03. The van der Waals surface area contributed by atoms with Crippen molar-refractivity contribution in [2.24, 2.45) is 7.05 Å². The second kappa shape index (κ2) is 4.02. The second-order valence-corrected chi connectivity index (χ2v) is 3.86. The van der Waals surface area contributed by atoms with Gasteiger partial charge in [0.1, 0.15) is 0 Å². The van der Waals surface area contributed by atoms with Crippen molar-refractivity contribution in [3.63, 3.8) is 0 Å². The van der Waals surface area contributed by atoms with Gasteiger partial charge in [0.25, 0.3) is 0 Å². The molecule has 1 aliphatic rings. The quantitative estimate of drug-likeness (QED) is 0.818. The Morgan fingerprint density at radius 2 is 2.24 bits per heavy atom. The summed E-state index contributed by atoms with van der Waals surface area (Å²) < 4.78 is 38.8. The number of alkyl halides is 3. The van der Waals surface area contributed by atoms with Crippen LogP contribution in [0.2, 0.25) is 0 Å². The SMILES string of the molecule is Cn1cc(N(C(=O)C(F)(F)F)C2CNC2)cn1.